The first-order valence-corrected chi connectivity index (χ1v) is 2.89. The van der Waals surface area contributed by atoms with Crippen LogP contribution < -0.4 is 12.0 Å². The van der Waals surface area contributed by atoms with Crippen LogP contribution in [-0.2, 0) is 13.7 Å². The zero-order chi connectivity index (χ0) is 5.91. The molecule has 0 fully saturated rings. The molecule has 0 aliphatic rings. The third-order valence-electron chi connectivity index (χ3n) is 0.364. The van der Waals surface area contributed by atoms with Gasteiger partial charge in [-0.15, -0.1) is 0 Å². The monoisotopic (exact) mass is 264 g/mol. The van der Waals surface area contributed by atoms with Gasteiger partial charge in [0.15, 0.2) is 0 Å². The predicted molar refractivity (Wildman–Crippen MR) is 48.6 cm³/mol. The van der Waals surface area contributed by atoms with Gasteiger partial charge < -0.3 is 11.0 Å². The SMILES string of the molecule is COP(=O)(O)ON.N.[KH].[KH].[KH]. The van der Waals surface area contributed by atoms with Crippen LogP contribution in [0, 0.1) is 0 Å². The maximum atomic E-state index is 9.94. The molecule has 11 heavy (non-hydrogen) atoms. The number of rotatable bonds is 2. The molecule has 0 bridgehead atoms. The molecule has 1 atom stereocenters. The zero-order valence-corrected chi connectivity index (χ0v) is 5.30. The van der Waals surface area contributed by atoms with Crippen molar-refractivity contribution in [3.63, 3.8) is 0 Å². The van der Waals surface area contributed by atoms with Crippen molar-refractivity contribution in [2.75, 3.05) is 7.11 Å². The summed E-state index contributed by atoms with van der Waals surface area (Å²) in [7, 11) is -2.86. The Morgan fingerprint density at radius 1 is 1.36 bits per heavy atom. The van der Waals surface area contributed by atoms with Crippen molar-refractivity contribution in [3.05, 3.63) is 0 Å². The van der Waals surface area contributed by atoms with E-state index in [2.05, 4.69) is 15.0 Å². The van der Waals surface area contributed by atoms with Gasteiger partial charge in [-0.25, -0.2) is 15.1 Å². The van der Waals surface area contributed by atoms with Gasteiger partial charge >= 0.3 is 162 Å². The predicted octanol–water partition coefficient (Wildman–Crippen LogP) is -2.16. The van der Waals surface area contributed by atoms with Crippen molar-refractivity contribution in [1.29, 1.82) is 0 Å². The molecule has 6 N–H and O–H groups in total. The standard InChI is InChI=1S/CH6NO4P.3K.H3N.3H/c1-5-7(3,4)6-2;;;;;;;/h2H2,1H3,(H,3,4);;;;1H3;;;. The Morgan fingerprint density at radius 3 is 1.64 bits per heavy atom. The molecule has 58 valence electrons. The molecule has 6 nitrogen and oxygen atoms in total. The molecule has 0 aromatic heterocycles. The molecule has 0 radical (unpaired) electrons. The summed E-state index contributed by atoms with van der Waals surface area (Å²) in [6.07, 6.45) is 0. The second-order valence-electron chi connectivity index (χ2n) is 0.757. The molecular formula is CH12K3N2O4P. The Balaban J connectivity index is -0.0000000300. The zero-order valence-electron chi connectivity index (χ0n) is 4.40. The summed E-state index contributed by atoms with van der Waals surface area (Å²) in [5.74, 6) is 4.28. The molecular weight excluding hydrogens is 252 g/mol. The molecule has 0 amide bonds. The molecule has 0 aliphatic heterocycles. The molecule has 0 spiro atoms. The number of nitrogens with two attached hydrogens (primary N) is 1. The first-order chi connectivity index (χ1) is 3.12. The fourth-order valence-electron chi connectivity index (χ4n) is 0.0430. The summed E-state index contributed by atoms with van der Waals surface area (Å²) in [5, 5.41) is 0. The van der Waals surface area contributed by atoms with Crippen molar-refractivity contribution in [1.82, 2.24) is 6.15 Å². The van der Waals surface area contributed by atoms with E-state index in [1.165, 1.54) is 0 Å². The van der Waals surface area contributed by atoms with Gasteiger partial charge in [-0.3, -0.25) is 4.52 Å². The second-order valence-corrected chi connectivity index (χ2v) is 2.27. The van der Waals surface area contributed by atoms with Gasteiger partial charge in [0, 0.05) is 7.11 Å². The van der Waals surface area contributed by atoms with Gasteiger partial charge in [0.25, 0.3) is 0 Å². The molecule has 10 heteroatoms. The maximum absolute atomic E-state index is 9.94. The number of hydrogen-bond acceptors (Lipinski definition) is 5. The van der Waals surface area contributed by atoms with Crippen LogP contribution >= 0.6 is 7.82 Å². The summed E-state index contributed by atoms with van der Waals surface area (Å²) in [6.45, 7) is 0. The quantitative estimate of drug-likeness (QED) is 0.297. The third-order valence-corrected chi connectivity index (χ3v) is 1.09. The summed E-state index contributed by atoms with van der Waals surface area (Å²) in [6, 6.07) is 0. The fourth-order valence-corrected chi connectivity index (χ4v) is 0.129. The van der Waals surface area contributed by atoms with Crippen LogP contribution in [0.5, 0.6) is 0 Å². The molecule has 0 aromatic carbocycles. The summed E-state index contributed by atoms with van der Waals surface area (Å²) in [5.41, 5.74) is 0. The van der Waals surface area contributed by atoms with E-state index in [-0.39, 0.29) is 160 Å². The van der Waals surface area contributed by atoms with E-state index in [0.29, 0.717) is 0 Å². The van der Waals surface area contributed by atoms with Crippen molar-refractivity contribution < 1.29 is 18.6 Å². The van der Waals surface area contributed by atoms with Crippen LogP contribution in [0.25, 0.3) is 0 Å². The van der Waals surface area contributed by atoms with E-state index in [1.54, 1.807) is 0 Å². The number of phosphoric ester groups is 1. The van der Waals surface area contributed by atoms with Crippen molar-refractivity contribution >= 4 is 162 Å². The van der Waals surface area contributed by atoms with E-state index < -0.39 is 7.82 Å². The molecule has 0 saturated carbocycles. The van der Waals surface area contributed by atoms with Crippen LogP contribution in [0.15, 0.2) is 0 Å². The van der Waals surface area contributed by atoms with Crippen molar-refractivity contribution in [3.8, 4) is 0 Å². The molecule has 0 aromatic rings. The Bertz CT molecular complexity index is 95.3. The molecule has 0 aliphatic carbocycles. The average molecular weight is 264 g/mol. The Kier molecular flexibility index (Phi) is 46.9. The van der Waals surface area contributed by atoms with Gasteiger partial charge in [0.05, 0.1) is 0 Å². The minimum atomic E-state index is -3.88. The van der Waals surface area contributed by atoms with Crippen LogP contribution in [0.4, 0.5) is 0 Å². The van der Waals surface area contributed by atoms with E-state index in [1.807, 2.05) is 0 Å². The van der Waals surface area contributed by atoms with Gasteiger partial charge in [-0.05, 0) is 0 Å². The Labute approximate surface area is 194 Å². The third kappa shape index (κ3) is 20.9. The van der Waals surface area contributed by atoms with Crippen LogP contribution in [0.2, 0.25) is 0 Å². The molecule has 1 unspecified atom stereocenters. The summed E-state index contributed by atoms with van der Waals surface area (Å²) < 4.78 is 17.3. The van der Waals surface area contributed by atoms with Crippen molar-refractivity contribution in [2.24, 2.45) is 5.90 Å². The van der Waals surface area contributed by atoms with E-state index >= 15 is 0 Å². The number of phosphoric acid groups is 1. The molecule has 0 heterocycles. The normalized spacial score (nSPS) is 11.9. The molecule has 0 saturated heterocycles. The first kappa shape index (κ1) is 29.7. The van der Waals surface area contributed by atoms with Crippen LogP contribution in [-0.4, -0.2) is 166 Å². The fraction of sp³-hybridized carbons (Fsp3) is 1.00. The van der Waals surface area contributed by atoms with Gasteiger partial charge in [0.1, 0.15) is 0 Å². The van der Waals surface area contributed by atoms with E-state index in [4.69, 9.17) is 4.89 Å². The molecule has 0 rings (SSSR count). The van der Waals surface area contributed by atoms with E-state index in [9.17, 15) is 4.57 Å². The van der Waals surface area contributed by atoms with Crippen molar-refractivity contribution in [2.45, 2.75) is 0 Å². The minimum absolute atomic E-state index is 0. The summed E-state index contributed by atoms with van der Waals surface area (Å²) >= 11 is 0. The first-order valence-electron chi connectivity index (χ1n) is 1.39. The van der Waals surface area contributed by atoms with Gasteiger partial charge in [-0.1, -0.05) is 0 Å². The average Bonchev–Trinajstić information content (AvgIpc) is 1.68. The summed E-state index contributed by atoms with van der Waals surface area (Å²) in [4.78, 5) is 8.12. The number of hydrogen-bond donors (Lipinski definition) is 3. The Hall–Kier alpha value is 4.94. The van der Waals surface area contributed by atoms with Crippen LogP contribution in [0.1, 0.15) is 0 Å². The van der Waals surface area contributed by atoms with Gasteiger partial charge in [-0.2, -0.15) is 0 Å². The van der Waals surface area contributed by atoms with Gasteiger partial charge in [0.2, 0.25) is 0 Å². The topological polar surface area (TPSA) is 117 Å². The Morgan fingerprint density at radius 2 is 1.64 bits per heavy atom. The second kappa shape index (κ2) is 17.3. The van der Waals surface area contributed by atoms with E-state index in [0.717, 1.165) is 7.11 Å². The van der Waals surface area contributed by atoms with Crippen LogP contribution in [0.3, 0.4) is 0 Å².